The molecule has 5 nitrogen and oxygen atoms in total. The monoisotopic (exact) mass is 403 g/mol. The Morgan fingerprint density at radius 3 is 2.45 bits per heavy atom. The molecule has 2 amide bonds. The van der Waals surface area contributed by atoms with E-state index in [1.807, 2.05) is 73.7 Å². The first-order chi connectivity index (χ1) is 14.0. The van der Waals surface area contributed by atoms with Crippen LogP contribution in [0.1, 0.15) is 16.7 Å². The van der Waals surface area contributed by atoms with Gasteiger partial charge in [0.25, 0.3) is 0 Å². The highest BCUT2D eigenvalue weighted by atomic mass is 32.1. The van der Waals surface area contributed by atoms with Gasteiger partial charge < -0.3 is 0 Å². The standard InChI is InChI=1S/C23H21N3O2S/c1-16-9-11-17(12-10-16)13-14-21(27)24-23(29)26-25-22(28)15-19-7-4-6-18-5-2-3-8-20(18)19/h2-14H,15H2,1H3,(H,25,28)(H2,24,26,27,29). The molecule has 0 bridgehead atoms. The van der Waals surface area contributed by atoms with E-state index in [9.17, 15) is 9.59 Å². The molecule has 6 heteroatoms. The third kappa shape index (κ3) is 5.99. The van der Waals surface area contributed by atoms with Gasteiger partial charge >= 0.3 is 0 Å². The van der Waals surface area contributed by atoms with Gasteiger partial charge in [0.05, 0.1) is 6.42 Å². The first-order valence-corrected chi connectivity index (χ1v) is 9.53. The Hall–Kier alpha value is -3.51. The normalized spacial score (nSPS) is 10.7. The van der Waals surface area contributed by atoms with Crippen LogP contribution >= 0.6 is 12.2 Å². The molecule has 0 aliphatic heterocycles. The van der Waals surface area contributed by atoms with Crippen molar-refractivity contribution in [3.8, 4) is 0 Å². The Morgan fingerprint density at radius 1 is 0.931 bits per heavy atom. The predicted octanol–water partition coefficient (Wildman–Crippen LogP) is 3.43. The largest absolute Gasteiger partial charge is 0.298 e. The van der Waals surface area contributed by atoms with Crippen molar-refractivity contribution in [1.82, 2.24) is 16.2 Å². The Kier molecular flexibility index (Phi) is 6.71. The van der Waals surface area contributed by atoms with Gasteiger partial charge in [0, 0.05) is 6.08 Å². The minimum atomic E-state index is -0.383. The average molecular weight is 404 g/mol. The minimum Gasteiger partial charge on any atom is -0.298 e. The first kappa shape index (κ1) is 20.2. The molecule has 146 valence electrons. The number of rotatable bonds is 4. The lowest BCUT2D eigenvalue weighted by molar-refractivity contribution is -0.121. The number of carbonyl (C=O) groups is 2. The summed E-state index contributed by atoms with van der Waals surface area (Å²) in [6.45, 7) is 2.00. The highest BCUT2D eigenvalue weighted by Crippen LogP contribution is 2.18. The molecule has 3 rings (SSSR count). The second-order valence-electron chi connectivity index (χ2n) is 6.55. The SMILES string of the molecule is Cc1ccc(C=CC(=O)NC(=S)NNC(=O)Cc2cccc3ccccc23)cc1. The van der Waals surface area contributed by atoms with Gasteiger partial charge in [-0.1, -0.05) is 72.3 Å². The number of nitrogens with one attached hydrogen (secondary N) is 3. The van der Waals surface area contributed by atoms with Crippen molar-refractivity contribution in [1.29, 1.82) is 0 Å². The Balaban J connectivity index is 1.47. The Labute approximate surface area is 174 Å². The van der Waals surface area contributed by atoms with Crippen molar-refractivity contribution in [2.45, 2.75) is 13.3 Å². The lowest BCUT2D eigenvalue weighted by Crippen LogP contribution is -2.48. The minimum absolute atomic E-state index is 0.0230. The van der Waals surface area contributed by atoms with E-state index in [0.29, 0.717) is 0 Å². The highest BCUT2D eigenvalue weighted by Gasteiger charge is 2.08. The van der Waals surface area contributed by atoms with E-state index >= 15 is 0 Å². The molecule has 0 saturated carbocycles. The van der Waals surface area contributed by atoms with E-state index in [1.165, 1.54) is 6.08 Å². The summed E-state index contributed by atoms with van der Waals surface area (Å²) in [5, 5.41) is 4.62. The lowest BCUT2D eigenvalue weighted by Gasteiger charge is -2.11. The molecule has 29 heavy (non-hydrogen) atoms. The molecule has 0 heterocycles. The van der Waals surface area contributed by atoms with Crippen molar-refractivity contribution >= 4 is 46.0 Å². The molecule has 0 fully saturated rings. The second-order valence-corrected chi connectivity index (χ2v) is 6.96. The van der Waals surface area contributed by atoms with Crippen molar-refractivity contribution < 1.29 is 9.59 Å². The summed E-state index contributed by atoms with van der Waals surface area (Å²) in [4.78, 5) is 24.2. The van der Waals surface area contributed by atoms with Gasteiger partial charge in [-0.05, 0) is 47.1 Å². The van der Waals surface area contributed by atoms with Crippen LogP contribution in [0.5, 0.6) is 0 Å². The fourth-order valence-electron chi connectivity index (χ4n) is 2.82. The zero-order valence-corrected chi connectivity index (χ0v) is 16.8. The molecule has 0 aliphatic rings. The number of hydrogen-bond acceptors (Lipinski definition) is 3. The molecule has 0 spiro atoms. The van der Waals surface area contributed by atoms with E-state index in [0.717, 1.165) is 27.5 Å². The molecule has 3 N–H and O–H groups in total. The number of fused-ring (bicyclic) bond motifs is 1. The van der Waals surface area contributed by atoms with Crippen LogP contribution in [0, 0.1) is 6.92 Å². The summed E-state index contributed by atoms with van der Waals surface area (Å²) in [5.74, 6) is -0.639. The van der Waals surface area contributed by atoms with Crippen molar-refractivity contribution in [2.75, 3.05) is 0 Å². The van der Waals surface area contributed by atoms with Crippen molar-refractivity contribution in [3.63, 3.8) is 0 Å². The number of hydrogen-bond donors (Lipinski definition) is 3. The van der Waals surface area contributed by atoms with Gasteiger partial charge in [-0.25, -0.2) is 0 Å². The lowest BCUT2D eigenvalue weighted by atomic mass is 10.0. The van der Waals surface area contributed by atoms with Gasteiger partial charge in [-0.15, -0.1) is 0 Å². The molecule has 0 aliphatic carbocycles. The number of hydrazine groups is 1. The number of amides is 2. The summed E-state index contributed by atoms with van der Waals surface area (Å²) >= 11 is 5.05. The van der Waals surface area contributed by atoms with Gasteiger partial charge in [-0.2, -0.15) is 0 Å². The topological polar surface area (TPSA) is 70.2 Å². The molecule has 0 unspecified atom stereocenters. The van der Waals surface area contributed by atoms with Gasteiger partial charge in [0.2, 0.25) is 11.8 Å². The predicted molar refractivity (Wildman–Crippen MR) is 120 cm³/mol. The maximum atomic E-state index is 12.2. The number of benzene rings is 3. The van der Waals surface area contributed by atoms with Gasteiger partial charge in [-0.3, -0.25) is 25.8 Å². The first-order valence-electron chi connectivity index (χ1n) is 9.12. The Morgan fingerprint density at radius 2 is 1.66 bits per heavy atom. The molecule has 0 radical (unpaired) electrons. The average Bonchev–Trinajstić information content (AvgIpc) is 2.72. The summed E-state index contributed by atoms with van der Waals surface area (Å²) in [5.41, 5.74) is 8.04. The van der Waals surface area contributed by atoms with Crippen LogP contribution in [0.15, 0.2) is 72.8 Å². The molecule has 3 aromatic carbocycles. The fourth-order valence-corrected chi connectivity index (χ4v) is 2.98. The molecular weight excluding hydrogens is 382 g/mol. The molecule has 0 aromatic heterocycles. The highest BCUT2D eigenvalue weighted by molar-refractivity contribution is 7.80. The summed E-state index contributed by atoms with van der Waals surface area (Å²) in [6.07, 6.45) is 3.27. The zero-order valence-electron chi connectivity index (χ0n) is 15.9. The van der Waals surface area contributed by atoms with Crippen LogP contribution in [0.2, 0.25) is 0 Å². The van der Waals surface area contributed by atoms with Crippen LogP contribution in [-0.2, 0) is 16.0 Å². The summed E-state index contributed by atoms with van der Waals surface area (Å²) in [7, 11) is 0. The fraction of sp³-hybridized carbons (Fsp3) is 0.0870. The summed E-state index contributed by atoms with van der Waals surface area (Å²) < 4.78 is 0. The van der Waals surface area contributed by atoms with Crippen LogP contribution in [-0.4, -0.2) is 16.9 Å². The smallest absolute Gasteiger partial charge is 0.250 e. The molecule has 3 aromatic rings. The number of carbonyl (C=O) groups excluding carboxylic acids is 2. The number of thiocarbonyl (C=S) groups is 1. The van der Waals surface area contributed by atoms with Gasteiger partial charge in [0.1, 0.15) is 0 Å². The van der Waals surface area contributed by atoms with Crippen LogP contribution < -0.4 is 16.2 Å². The van der Waals surface area contributed by atoms with Gasteiger partial charge in [0.15, 0.2) is 5.11 Å². The maximum Gasteiger partial charge on any atom is 0.250 e. The van der Waals surface area contributed by atoms with Crippen molar-refractivity contribution in [3.05, 3.63) is 89.5 Å². The van der Waals surface area contributed by atoms with Crippen LogP contribution in [0.3, 0.4) is 0 Å². The maximum absolute atomic E-state index is 12.2. The molecule has 0 saturated heterocycles. The van der Waals surface area contributed by atoms with Crippen LogP contribution in [0.25, 0.3) is 16.8 Å². The van der Waals surface area contributed by atoms with Crippen LogP contribution in [0.4, 0.5) is 0 Å². The molecular formula is C23H21N3O2S. The second kappa shape index (κ2) is 9.61. The number of aryl methyl sites for hydroxylation is 1. The Bertz CT molecular complexity index is 1070. The third-order valence-corrected chi connectivity index (χ3v) is 4.49. The molecule has 0 atom stereocenters. The third-order valence-electron chi connectivity index (χ3n) is 4.29. The van der Waals surface area contributed by atoms with E-state index in [1.54, 1.807) is 6.08 Å². The van der Waals surface area contributed by atoms with E-state index in [2.05, 4.69) is 16.2 Å². The van der Waals surface area contributed by atoms with E-state index < -0.39 is 0 Å². The van der Waals surface area contributed by atoms with Crippen molar-refractivity contribution in [2.24, 2.45) is 0 Å². The van der Waals surface area contributed by atoms with E-state index in [4.69, 9.17) is 12.2 Å². The van der Waals surface area contributed by atoms with E-state index in [-0.39, 0.29) is 23.3 Å². The quantitative estimate of drug-likeness (QED) is 0.355. The summed E-state index contributed by atoms with van der Waals surface area (Å²) in [6, 6.07) is 21.5. The zero-order chi connectivity index (χ0) is 20.6.